The number of carbonyl (C=O) groups excluding carboxylic acids is 1. The van der Waals surface area contributed by atoms with E-state index < -0.39 is 26.6 Å². The van der Waals surface area contributed by atoms with Gasteiger partial charge < -0.3 is 28.8 Å². The van der Waals surface area contributed by atoms with E-state index in [1.807, 2.05) is 27.2 Å². The highest BCUT2D eigenvalue weighted by molar-refractivity contribution is 7.45. The number of aliphatic hydroxyl groups excluding tert-OH is 1. The fourth-order valence-corrected chi connectivity index (χ4v) is 8.27. The maximum Gasteiger partial charge on any atom is 0.268 e. The molecule has 0 aliphatic rings. The van der Waals surface area contributed by atoms with Gasteiger partial charge in [0.05, 0.1) is 39.9 Å². The van der Waals surface area contributed by atoms with E-state index in [0.717, 1.165) is 64.2 Å². The van der Waals surface area contributed by atoms with E-state index in [1.165, 1.54) is 148 Å². The number of hydrogen-bond acceptors (Lipinski definition) is 6. The van der Waals surface area contributed by atoms with E-state index in [-0.39, 0.29) is 12.5 Å². The molecule has 0 bridgehead atoms. The van der Waals surface area contributed by atoms with Gasteiger partial charge in [-0.15, -0.1) is 0 Å². The normalized spacial score (nSPS) is 14.6. The third kappa shape index (κ3) is 49.8. The molecule has 66 heavy (non-hydrogen) atoms. The Balaban J connectivity index is 4.12. The van der Waals surface area contributed by atoms with Crippen LogP contribution in [0.2, 0.25) is 0 Å². The lowest BCUT2D eigenvalue weighted by molar-refractivity contribution is -0.870. The van der Waals surface area contributed by atoms with Gasteiger partial charge in [-0.25, -0.2) is 0 Å². The van der Waals surface area contributed by atoms with Crippen LogP contribution in [0.15, 0.2) is 72.9 Å². The van der Waals surface area contributed by atoms with Gasteiger partial charge in [0.2, 0.25) is 5.91 Å². The van der Waals surface area contributed by atoms with Gasteiger partial charge in [-0.05, 0) is 83.5 Å². The van der Waals surface area contributed by atoms with E-state index in [1.54, 1.807) is 6.08 Å². The first-order valence-electron chi connectivity index (χ1n) is 27.3. The summed E-state index contributed by atoms with van der Waals surface area (Å²) in [6.07, 6.45) is 65.5. The lowest BCUT2D eigenvalue weighted by atomic mass is 10.0. The number of nitrogens with zero attached hydrogens (tertiary/aromatic N) is 1. The summed E-state index contributed by atoms with van der Waals surface area (Å²) in [7, 11) is 1.23. The maximum absolute atomic E-state index is 12.9. The molecule has 9 heteroatoms. The summed E-state index contributed by atoms with van der Waals surface area (Å²) in [5.74, 6) is -0.214. The van der Waals surface area contributed by atoms with Crippen molar-refractivity contribution in [3.05, 3.63) is 72.9 Å². The molecule has 0 aromatic heterocycles. The van der Waals surface area contributed by atoms with Gasteiger partial charge in [0, 0.05) is 6.42 Å². The number of hydrogen-bond donors (Lipinski definition) is 2. The Kier molecular flexibility index (Phi) is 46.5. The minimum absolute atomic E-state index is 0.0110. The number of quaternary nitrogens is 1. The van der Waals surface area contributed by atoms with Crippen molar-refractivity contribution in [2.45, 2.75) is 244 Å². The minimum Gasteiger partial charge on any atom is -0.756 e. The zero-order chi connectivity index (χ0) is 48.5. The molecule has 8 nitrogen and oxygen atoms in total. The molecule has 0 fully saturated rings. The summed E-state index contributed by atoms with van der Waals surface area (Å²) in [6, 6.07) is -0.911. The standard InChI is InChI=1S/C57H105N2O6P/c1-6-8-10-12-14-16-18-20-21-22-23-24-25-26-27-28-29-30-31-32-33-34-35-36-37-39-41-43-45-47-49-51-57(61)58-55(54-65-66(62,63)64-53-52-59(3,4)5)56(60)50-48-46-44-42-40-38-19-17-15-13-11-9-7-2/h15,17-18,20,22-23,25-26,40,42,48,50,55-56,60H,6-14,16,19,21,24,27-39,41,43-47,49,51-54H2,1-5H3,(H-,58,61,62,63)/b17-15+,20-18-,23-22-,26-25-,42-40+,50-48+. The van der Waals surface area contributed by atoms with Gasteiger partial charge in [0.1, 0.15) is 13.2 Å². The number of nitrogens with one attached hydrogen (secondary N) is 1. The summed E-state index contributed by atoms with van der Waals surface area (Å²) in [5.41, 5.74) is 0. The number of likely N-dealkylation sites (N-methyl/N-ethyl adjacent to an activating group) is 1. The van der Waals surface area contributed by atoms with Crippen LogP contribution in [0.25, 0.3) is 0 Å². The molecular weight excluding hydrogens is 840 g/mol. The van der Waals surface area contributed by atoms with Crippen molar-refractivity contribution in [1.82, 2.24) is 5.32 Å². The molecule has 0 saturated heterocycles. The smallest absolute Gasteiger partial charge is 0.268 e. The Morgan fingerprint density at radius 3 is 1.36 bits per heavy atom. The molecule has 0 aliphatic heterocycles. The van der Waals surface area contributed by atoms with Gasteiger partial charge in [-0.3, -0.25) is 9.36 Å². The molecular formula is C57H105N2O6P. The summed E-state index contributed by atoms with van der Waals surface area (Å²) >= 11 is 0. The Morgan fingerprint density at radius 2 is 0.894 bits per heavy atom. The predicted molar refractivity (Wildman–Crippen MR) is 284 cm³/mol. The van der Waals surface area contributed by atoms with Crippen LogP contribution >= 0.6 is 7.82 Å². The summed E-state index contributed by atoms with van der Waals surface area (Å²) in [6.45, 7) is 4.57. The second-order valence-electron chi connectivity index (χ2n) is 19.6. The van der Waals surface area contributed by atoms with Crippen molar-refractivity contribution >= 4 is 13.7 Å². The molecule has 1 amide bonds. The van der Waals surface area contributed by atoms with Crippen LogP contribution in [-0.4, -0.2) is 68.5 Å². The topological polar surface area (TPSA) is 108 Å². The summed E-state index contributed by atoms with van der Waals surface area (Å²) < 4.78 is 23.2. The highest BCUT2D eigenvalue weighted by atomic mass is 31.2. The monoisotopic (exact) mass is 945 g/mol. The first kappa shape index (κ1) is 63.9. The minimum atomic E-state index is -4.60. The van der Waals surface area contributed by atoms with Gasteiger partial charge in [0.25, 0.3) is 7.82 Å². The van der Waals surface area contributed by atoms with Crippen molar-refractivity contribution < 1.29 is 32.9 Å². The molecule has 384 valence electrons. The predicted octanol–water partition coefficient (Wildman–Crippen LogP) is 15.7. The fraction of sp³-hybridized carbons (Fsp3) is 0.772. The molecule has 0 aromatic carbocycles. The average molecular weight is 945 g/mol. The molecule has 0 saturated carbocycles. The van der Waals surface area contributed by atoms with Crippen LogP contribution in [0.1, 0.15) is 232 Å². The number of allylic oxidation sites excluding steroid dienone is 11. The van der Waals surface area contributed by atoms with Crippen LogP contribution in [0.4, 0.5) is 0 Å². The van der Waals surface area contributed by atoms with E-state index in [0.29, 0.717) is 17.4 Å². The van der Waals surface area contributed by atoms with Crippen molar-refractivity contribution in [3.8, 4) is 0 Å². The summed E-state index contributed by atoms with van der Waals surface area (Å²) in [5, 5.41) is 13.8. The molecule has 0 aromatic rings. The molecule has 3 atom stereocenters. The van der Waals surface area contributed by atoms with Gasteiger partial charge in [-0.1, -0.05) is 215 Å². The van der Waals surface area contributed by atoms with E-state index in [4.69, 9.17) is 9.05 Å². The van der Waals surface area contributed by atoms with Gasteiger partial charge >= 0.3 is 0 Å². The number of phosphoric ester groups is 1. The SMILES string of the molecule is CCCCC/C=C/CC/C=C/CC/C=C/C(O)C(COP(=O)([O-])OCC[N+](C)(C)C)NC(=O)CCCCCCCCCCCCCCCCCC/C=C\C/C=C\C/C=C\CCCCCCC. The number of amides is 1. The van der Waals surface area contributed by atoms with Crippen LogP contribution in [0.5, 0.6) is 0 Å². The molecule has 0 aliphatic carbocycles. The summed E-state index contributed by atoms with van der Waals surface area (Å²) in [4.78, 5) is 25.4. The van der Waals surface area contributed by atoms with Crippen LogP contribution in [-0.2, 0) is 18.4 Å². The third-order valence-electron chi connectivity index (χ3n) is 11.9. The number of rotatable bonds is 49. The van der Waals surface area contributed by atoms with Crippen molar-refractivity contribution in [2.75, 3.05) is 40.9 Å². The second kappa shape index (κ2) is 48.0. The van der Waals surface area contributed by atoms with Crippen LogP contribution in [0.3, 0.4) is 0 Å². The lowest BCUT2D eigenvalue weighted by Crippen LogP contribution is -2.45. The highest BCUT2D eigenvalue weighted by Gasteiger charge is 2.23. The highest BCUT2D eigenvalue weighted by Crippen LogP contribution is 2.38. The molecule has 0 rings (SSSR count). The van der Waals surface area contributed by atoms with Crippen LogP contribution in [0, 0.1) is 0 Å². The zero-order valence-electron chi connectivity index (χ0n) is 43.6. The Bertz CT molecular complexity index is 1300. The van der Waals surface area contributed by atoms with Crippen LogP contribution < -0.4 is 10.2 Å². The Morgan fingerprint density at radius 1 is 0.530 bits per heavy atom. The zero-order valence-corrected chi connectivity index (χ0v) is 44.5. The fourth-order valence-electron chi connectivity index (χ4n) is 7.54. The van der Waals surface area contributed by atoms with E-state index >= 15 is 0 Å². The van der Waals surface area contributed by atoms with Crippen molar-refractivity contribution in [2.24, 2.45) is 0 Å². The molecule has 2 N–H and O–H groups in total. The number of phosphoric acid groups is 1. The second-order valence-corrected chi connectivity index (χ2v) is 21.0. The number of unbranched alkanes of at least 4 members (excludes halogenated alkanes) is 26. The molecule has 0 heterocycles. The van der Waals surface area contributed by atoms with Crippen molar-refractivity contribution in [3.63, 3.8) is 0 Å². The number of aliphatic hydroxyl groups is 1. The molecule has 3 unspecified atom stereocenters. The first-order valence-corrected chi connectivity index (χ1v) is 28.8. The lowest BCUT2D eigenvalue weighted by Gasteiger charge is -2.29. The van der Waals surface area contributed by atoms with Gasteiger partial charge in [-0.2, -0.15) is 0 Å². The molecule has 0 spiro atoms. The van der Waals surface area contributed by atoms with Crippen molar-refractivity contribution in [1.29, 1.82) is 0 Å². The van der Waals surface area contributed by atoms with Gasteiger partial charge in [0.15, 0.2) is 0 Å². The first-order chi connectivity index (χ1) is 32.0. The Hall–Kier alpha value is -2.06. The van der Waals surface area contributed by atoms with E-state index in [9.17, 15) is 19.4 Å². The Labute approximate surface area is 408 Å². The third-order valence-corrected chi connectivity index (χ3v) is 12.8. The quantitative estimate of drug-likeness (QED) is 0.0272. The molecule has 0 radical (unpaired) electrons. The average Bonchev–Trinajstić information content (AvgIpc) is 3.28. The maximum atomic E-state index is 12.9. The number of carbonyl (C=O) groups is 1. The van der Waals surface area contributed by atoms with E-state index in [2.05, 4.69) is 79.9 Å². The largest absolute Gasteiger partial charge is 0.756 e.